The molecule has 1 heterocycles. The van der Waals surface area contributed by atoms with Crippen molar-refractivity contribution in [3.05, 3.63) is 35.5 Å². The number of benzene rings is 1. The maximum absolute atomic E-state index is 5.99. The number of ether oxygens (including phenoxy) is 2. The van der Waals surface area contributed by atoms with Crippen LogP contribution in [-0.4, -0.2) is 19.4 Å². The van der Waals surface area contributed by atoms with Crippen molar-refractivity contribution >= 4 is 16.9 Å². The van der Waals surface area contributed by atoms with Crippen LogP contribution in [0.3, 0.4) is 0 Å². The largest absolute Gasteiger partial charge is 0.493 e. The molecule has 1 atom stereocenters. The Morgan fingerprint density at radius 1 is 1.14 bits per heavy atom. The Labute approximate surface area is 130 Å². The van der Waals surface area contributed by atoms with Crippen LogP contribution >= 0.6 is 11.8 Å². The van der Waals surface area contributed by atoms with E-state index < -0.39 is 0 Å². The summed E-state index contributed by atoms with van der Waals surface area (Å²) >= 11 is 1.55. The van der Waals surface area contributed by atoms with Gasteiger partial charge in [0.2, 0.25) is 0 Å². The SMILES string of the molecule is COc1ccc(C2C=C(C(C)(C)C)N=C(N)S2)cc1OC. The van der Waals surface area contributed by atoms with E-state index in [0.29, 0.717) is 5.17 Å². The van der Waals surface area contributed by atoms with E-state index in [2.05, 4.69) is 31.8 Å². The Bertz CT molecular complexity index is 588. The molecule has 21 heavy (non-hydrogen) atoms. The fourth-order valence-corrected chi connectivity index (χ4v) is 2.99. The van der Waals surface area contributed by atoms with Crippen LogP contribution in [0.15, 0.2) is 35.0 Å². The van der Waals surface area contributed by atoms with Crippen molar-refractivity contribution in [2.45, 2.75) is 26.0 Å². The maximum Gasteiger partial charge on any atom is 0.161 e. The third kappa shape index (κ3) is 3.53. The third-order valence-electron chi connectivity index (χ3n) is 3.29. The van der Waals surface area contributed by atoms with Crippen LogP contribution in [0.5, 0.6) is 11.5 Å². The number of allylic oxidation sites excluding steroid dienone is 1. The number of aliphatic imine (C=N–C) groups is 1. The van der Waals surface area contributed by atoms with Crippen LogP contribution in [0.2, 0.25) is 0 Å². The van der Waals surface area contributed by atoms with Crippen LogP contribution in [0.4, 0.5) is 0 Å². The lowest BCUT2D eigenvalue weighted by atomic mass is 9.91. The van der Waals surface area contributed by atoms with E-state index in [-0.39, 0.29) is 10.7 Å². The molecule has 1 aliphatic heterocycles. The van der Waals surface area contributed by atoms with Crippen LogP contribution in [-0.2, 0) is 0 Å². The lowest BCUT2D eigenvalue weighted by molar-refractivity contribution is 0.354. The summed E-state index contributed by atoms with van der Waals surface area (Å²) in [5, 5.41) is 0.735. The molecule has 2 N–H and O–H groups in total. The van der Waals surface area contributed by atoms with E-state index in [4.69, 9.17) is 15.2 Å². The molecule has 1 aliphatic rings. The predicted molar refractivity (Wildman–Crippen MR) is 89.0 cm³/mol. The van der Waals surface area contributed by atoms with E-state index in [9.17, 15) is 0 Å². The zero-order valence-electron chi connectivity index (χ0n) is 13.1. The molecule has 0 fully saturated rings. The molecule has 4 nitrogen and oxygen atoms in total. The number of hydrogen-bond donors (Lipinski definition) is 1. The molecule has 0 aliphatic carbocycles. The minimum Gasteiger partial charge on any atom is -0.493 e. The van der Waals surface area contributed by atoms with Crippen molar-refractivity contribution in [1.29, 1.82) is 0 Å². The summed E-state index contributed by atoms with van der Waals surface area (Å²) in [6.45, 7) is 6.41. The van der Waals surface area contributed by atoms with Crippen LogP contribution < -0.4 is 15.2 Å². The molecule has 1 unspecified atom stereocenters. The summed E-state index contributed by atoms with van der Waals surface area (Å²) in [5.74, 6) is 1.45. The number of thioether (sulfide) groups is 1. The number of methoxy groups -OCH3 is 2. The van der Waals surface area contributed by atoms with Gasteiger partial charge >= 0.3 is 0 Å². The van der Waals surface area contributed by atoms with Crippen molar-refractivity contribution in [3.63, 3.8) is 0 Å². The molecule has 0 aromatic heterocycles. The minimum atomic E-state index is -0.0274. The van der Waals surface area contributed by atoms with Crippen molar-refractivity contribution in [3.8, 4) is 11.5 Å². The number of hydrogen-bond acceptors (Lipinski definition) is 5. The monoisotopic (exact) mass is 306 g/mol. The zero-order chi connectivity index (χ0) is 15.6. The van der Waals surface area contributed by atoms with Crippen molar-refractivity contribution in [2.24, 2.45) is 16.1 Å². The molecule has 0 radical (unpaired) electrons. The van der Waals surface area contributed by atoms with Gasteiger partial charge in [-0.1, -0.05) is 38.6 Å². The molecule has 1 aromatic rings. The molecule has 2 rings (SSSR count). The summed E-state index contributed by atoms with van der Waals surface area (Å²) in [5.41, 5.74) is 8.10. The molecule has 0 saturated carbocycles. The van der Waals surface area contributed by atoms with Crippen LogP contribution in [0.25, 0.3) is 0 Å². The summed E-state index contributed by atoms with van der Waals surface area (Å²) in [4.78, 5) is 4.47. The first-order valence-corrected chi connectivity index (χ1v) is 7.68. The van der Waals surface area contributed by atoms with Crippen molar-refractivity contribution in [2.75, 3.05) is 14.2 Å². The fraction of sp³-hybridized carbons (Fsp3) is 0.438. The molecule has 0 bridgehead atoms. The van der Waals surface area contributed by atoms with Crippen LogP contribution in [0.1, 0.15) is 31.6 Å². The Balaban J connectivity index is 2.38. The van der Waals surface area contributed by atoms with E-state index >= 15 is 0 Å². The summed E-state index contributed by atoms with van der Waals surface area (Å²) in [6.07, 6.45) is 2.17. The highest BCUT2D eigenvalue weighted by molar-refractivity contribution is 8.14. The molecular weight excluding hydrogens is 284 g/mol. The van der Waals surface area contributed by atoms with Crippen molar-refractivity contribution in [1.82, 2.24) is 0 Å². The topological polar surface area (TPSA) is 56.8 Å². The van der Waals surface area contributed by atoms with Crippen LogP contribution in [0, 0.1) is 5.41 Å². The molecule has 114 valence electrons. The Morgan fingerprint density at radius 2 is 1.81 bits per heavy atom. The maximum atomic E-state index is 5.99. The average Bonchev–Trinajstić information content (AvgIpc) is 2.45. The second kappa shape index (κ2) is 6.02. The predicted octanol–water partition coefficient (Wildman–Crippen LogP) is 3.74. The van der Waals surface area contributed by atoms with Gasteiger partial charge < -0.3 is 15.2 Å². The highest BCUT2D eigenvalue weighted by Crippen LogP contribution is 2.42. The van der Waals surface area contributed by atoms with E-state index in [1.54, 1.807) is 26.0 Å². The van der Waals surface area contributed by atoms with E-state index in [1.165, 1.54) is 0 Å². The first-order chi connectivity index (χ1) is 9.85. The van der Waals surface area contributed by atoms with E-state index in [1.807, 2.05) is 18.2 Å². The highest BCUT2D eigenvalue weighted by atomic mass is 32.2. The number of nitrogens with two attached hydrogens (primary N) is 1. The summed E-state index contributed by atoms with van der Waals surface area (Å²) in [6, 6.07) is 5.95. The van der Waals surface area contributed by atoms with Gasteiger partial charge in [-0.3, -0.25) is 0 Å². The van der Waals surface area contributed by atoms with Gasteiger partial charge in [-0.15, -0.1) is 0 Å². The van der Waals surface area contributed by atoms with Gasteiger partial charge in [0.15, 0.2) is 16.7 Å². The normalized spacial score (nSPS) is 18.8. The van der Waals surface area contributed by atoms with Gasteiger partial charge in [0.05, 0.1) is 19.5 Å². The molecule has 0 amide bonds. The zero-order valence-corrected chi connectivity index (χ0v) is 14.0. The highest BCUT2D eigenvalue weighted by Gasteiger charge is 2.25. The van der Waals surface area contributed by atoms with Gasteiger partial charge in [0, 0.05) is 11.1 Å². The molecule has 0 saturated heterocycles. The van der Waals surface area contributed by atoms with Gasteiger partial charge in [0.25, 0.3) is 0 Å². The molecular formula is C16H22N2O2S. The number of amidine groups is 1. The van der Waals surface area contributed by atoms with Crippen molar-refractivity contribution < 1.29 is 9.47 Å². The number of rotatable bonds is 3. The minimum absolute atomic E-state index is 0.0274. The average molecular weight is 306 g/mol. The smallest absolute Gasteiger partial charge is 0.161 e. The quantitative estimate of drug-likeness (QED) is 0.924. The lowest BCUT2D eigenvalue weighted by Gasteiger charge is -2.26. The van der Waals surface area contributed by atoms with Gasteiger partial charge in [-0.25, -0.2) is 4.99 Å². The fourth-order valence-electron chi connectivity index (χ4n) is 2.10. The summed E-state index contributed by atoms with van der Waals surface area (Å²) in [7, 11) is 3.27. The van der Waals surface area contributed by atoms with E-state index in [0.717, 1.165) is 22.8 Å². The first kappa shape index (κ1) is 15.8. The lowest BCUT2D eigenvalue weighted by Crippen LogP contribution is -2.19. The number of nitrogens with zero attached hydrogens (tertiary/aromatic N) is 1. The van der Waals surface area contributed by atoms with Gasteiger partial charge in [-0.05, 0) is 23.8 Å². The summed E-state index contributed by atoms with van der Waals surface area (Å²) < 4.78 is 10.7. The Kier molecular flexibility index (Phi) is 4.52. The third-order valence-corrected chi connectivity index (χ3v) is 4.29. The second-order valence-corrected chi connectivity index (χ2v) is 7.07. The van der Waals surface area contributed by atoms with Gasteiger partial charge in [0.1, 0.15) is 0 Å². The molecule has 5 heteroatoms. The second-order valence-electron chi connectivity index (χ2n) is 5.90. The Hall–Kier alpha value is -1.62. The Morgan fingerprint density at radius 3 is 2.38 bits per heavy atom. The molecule has 1 aromatic carbocycles. The first-order valence-electron chi connectivity index (χ1n) is 6.80. The van der Waals surface area contributed by atoms with Gasteiger partial charge in [-0.2, -0.15) is 0 Å². The standard InChI is InChI=1S/C16H22N2O2S/c1-16(2,3)14-9-13(21-15(17)18-14)10-6-7-11(19-4)12(8-10)20-5/h6-9,13H,1-5H3,(H2,17,18). The molecule has 0 spiro atoms.